The van der Waals surface area contributed by atoms with Gasteiger partial charge in [0.25, 0.3) is 5.91 Å². The number of halogens is 1. The number of ether oxygens (including phenoxy) is 3. The number of fused-ring (bicyclic) bond motifs is 1. The van der Waals surface area contributed by atoms with Crippen molar-refractivity contribution >= 4 is 33.2 Å². The molecule has 2 aromatic carbocycles. The molecule has 0 bridgehead atoms. The average molecular weight is 423 g/mol. The predicted molar refractivity (Wildman–Crippen MR) is 97.1 cm³/mol. The first-order valence-electron chi connectivity index (χ1n) is 7.71. The van der Waals surface area contributed by atoms with Gasteiger partial charge in [0.1, 0.15) is 13.2 Å². The van der Waals surface area contributed by atoms with Crippen LogP contribution in [0.25, 0.3) is 0 Å². The summed E-state index contributed by atoms with van der Waals surface area (Å²) in [5.41, 5.74) is 1.09. The molecule has 1 amide bonds. The van der Waals surface area contributed by atoms with E-state index >= 15 is 0 Å². The number of carbonyl (C=O) groups excluding carboxylic acids is 1. The van der Waals surface area contributed by atoms with Crippen molar-refractivity contribution in [1.29, 1.82) is 0 Å². The number of rotatable bonds is 5. The van der Waals surface area contributed by atoms with Crippen molar-refractivity contribution in [3.63, 3.8) is 0 Å². The Bertz CT molecular complexity index is 871. The van der Waals surface area contributed by atoms with Gasteiger partial charge in [-0.3, -0.25) is 14.9 Å². The van der Waals surface area contributed by atoms with E-state index in [4.69, 9.17) is 14.2 Å². The number of carbonyl (C=O) groups is 1. The van der Waals surface area contributed by atoms with Gasteiger partial charge < -0.3 is 19.5 Å². The molecular weight excluding hydrogens is 408 g/mol. The summed E-state index contributed by atoms with van der Waals surface area (Å²) in [5.74, 6) is 0.710. The molecule has 1 heterocycles. The highest BCUT2D eigenvalue weighted by molar-refractivity contribution is 9.10. The maximum absolute atomic E-state index is 12.2. The van der Waals surface area contributed by atoms with E-state index in [1.54, 1.807) is 25.1 Å². The molecule has 1 aliphatic heterocycles. The van der Waals surface area contributed by atoms with Crippen molar-refractivity contribution in [3.8, 4) is 17.2 Å². The summed E-state index contributed by atoms with van der Waals surface area (Å²) in [7, 11) is 0. The van der Waals surface area contributed by atoms with Crippen LogP contribution in [0, 0.1) is 17.0 Å². The van der Waals surface area contributed by atoms with Crippen molar-refractivity contribution in [2.75, 3.05) is 25.1 Å². The smallest absolute Gasteiger partial charge is 0.310 e. The van der Waals surface area contributed by atoms with E-state index < -0.39 is 10.8 Å². The minimum Gasteiger partial charge on any atom is -0.486 e. The molecule has 0 fully saturated rings. The quantitative estimate of drug-likeness (QED) is 0.584. The number of hydrogen-bond donors (Lipinski definition) is 1. The topological polar surface area (TPSA) is 99.9 Å². The standard InChI is InChI=1S/C17H15BrN2O6/c1-10-2-3-13(20(22)23)14(6-10)26-9-17(21)19-12-8-16-15(7-11(12)18)24-4-5-25-16/h2-3,6-8H,4-5,9H2,1H3,(H,19,21). The molecule has 1 N–H and O–H groups in total. The van der Waals surface area contributed by atoms with Gasteiger partial charge in [-0.1, -0.05) is 6.07 Å². The molecule has 0 saturated carbocycles. The van der Waals surface area contributed by atoms with Crippen LogP contribution in [0.5, 0.6) is 17.2 Å². The third kappa shape index (κ3) is 4.05. The molecule has 0 spiro atoms. The first-order chi connectivity index (χ1) is 12.4. The van der Waals surface area contributed by atoms with Crippen LogP contribution in [0.4, 0.5) is 11.4 Å². The van der Waals surface area contributed by atoms with Crippen molar-refractivity contribution in [3.05, 3.63) is 50.5 Å². The summed E-state index contributed by atoms with van der Waals surface area (Å²) < 4.78 is 16.9. The average Bonchev–Trinajstić information content (AvgIpc) is 2.60. The minimum absolute atomic E-state index is 0.0476. The van der Waals surface area contributed by atoms with E-state index in [1.165, 1.54) is 12.1 Å². The fraction of sp³-hybridized carbons (Fsp3) is 0.235. The van der Waals surface area contributed by atoms with Gasteiger partial charge >= 0.3 is 5.69 Å². The fourth-order valence-corrected chi connectivity index (χ4v) is 2.80. The monoisotopic (exact) mass is 422 g/mol. The van der Waals surface area contributed by atoms with Crippen LogP contribution in [0.1, 0.15) is 5.56 Å². The van der Waals surface area contributed by atoms with Crippen LogP contribution < -0.4 is 19.5 Å². The minimum atomic E-state index is -0.552. The van der Waals surface area contributed by atoms with Gasteiger partial charge in [0.15, 0.2) is 23.9 Å². The molecule has 9 heteroatoms. The second-order valence-electron chi connectivity index (χ2n) is 5.54. The molecule has 0 aliphatic carbocycles. The summed E-state index contributed by atoms with van der Waals surface area (Å²) in [4.78, 5) is 22.7. The van der Waals surface area contributed by atoms with E-state index in [-0.39, 0.29) is 18.0 Å². The summed E-state index contributed by atoms with van der Waals surface area (Å²) >= 11 is 3.36. The highest BCUT2D eigenvalue weighted by Crippen LogP contribution is 2.38. The van der Waals surface area contributed by atoms with Crippen molar-refractivity contribution in [1.82, 2.24) is 0 Å². The highest BCUT2D eigenvalue weighted by Gasteiger charge is 2.18. The molecule has 8 nitrogen and oxygen atoms in total. The second-order valence-corrected chi connectivity index (χ2v) is 6.40. The SMILES string of the molecule is Cc1ccc([N+](=O)[O-])c(OCC(=O)Nc2cc3c(cc2Br)OCCO3)c1. The summed E-state index contributed by atoms with van der Waals surface area (Å²) in [6.07, 6.45) is 0. The lowest BCUT2D eigenvalue weighted by molar-refractivity contribution is -0.385. The molecule has 0 saturated heterocycles. The second kappa shape index (κ2) is 7.61. The third-order valence-electron chi connectivity index (χ3n) is 3.58. The molecule has 0 radical (unpaired) electrons. The Balaban J connectivity index is 1.69. The zero-order valence-corrected chi connectivity index (χ0v) is 15.4. The Labute approximate surface area is 157 Å². The Morgan fingerprint density at radius 1 is 1.27 bits per heavy atom. The largest absolute Gasteiger partial charge is 0.486 e. The first kappa shape index (κ1) is 18.0. The highest BCUT2D eigenvalue weighted by atomic mass is 79.9. The van der Waals surface area contributed by atoms with Gasteiger partial charge in [-0.05, 0) is 34.5 Å². The number of nitro groups is 1. The lowest BCUT2D eigenvalue weighted by Crippen LogP contribution is -2.21. The third-order valence-corrected chi connectivity index (χ3v) is 4.23. The molecule has 2 aromatic rings. The van der Waals surface area contributed by atoms with Crippen LogP contribution in [-0.4, -0.2) is 30.7 Å². The molecule has 3 rings (SSSR count). The van der Waals surface area contributed by atoms with Gasteiger partial charge in [-0.2, -0.15) is 0 Å². The van der Waals surface area contributed by atoms with E-state index in [1.807, 2.05) is 0 Å². The number of nitrogens with zero attached hydrogens (tertiary/aromatic N) is 1. The van der Waals surface area contributed by atoms with Gasteiger partial charge in [0, 0.05) is 22.7 Å². The first-order valence-corrected chi connectivity index (χ1v) is 8.50. The van der Waals surface area contributed by atoms with E-state index in [0.717, 1.165) is 5.56 Å². The zero-order valence-electron chi connectivity index (χ0n) is 13.8. The molecule has 0 atom stereocenters. The normalized spacial score (nSPS) is 12.4. The number of nitro benzene ring substituents is 1. The van der Waals surface area contributed by atoms with Gasteiger partial charge in [0.05, 0.1) is 10.6 Å². The van der Waals surface area contributed by atoms with Crippen molar-refractivity contribution in [2.24, 2.45) is 0 Å². The number of hydrogen-bond acceptors (Lipinski definition) is 6. The van der Waals surface area contributed by atoms with E-state index in [0.29, 0.717) is 34.9 Å². The van der Waals surface area contributed by atoms with Crippen LogP contribution in [0.3, 0.4) is 0 Å². The molecule has 26 heavy (non-hydrogen) atoms. The Morgan fingerprint density at radius 3 is 2.65 bits per heavy atom. The fourth-order valence-electron chi connectivity index (χ4n) is 2.38. The van der Waals surface area contributed by atoms with Crippen molar-refractivity contribution in [2.45, 2.75) is 6.92 Å². The number of amides is 1. The lowest BCUT2D eigenvalue weighted by Gasteiger charge is -2.20. The molecule has 0 unspecified atom stereocenters. The lowest BCUT2D eigenvalue weighted by atomic mass is 10.2. The molecular formula is C17H15BrN2O6. The van der Waals surface area contributed by atoms with Gasteiger partial charge in [0.2, 0.25) is 0 Å². The Morgan fingerprint density at radius 2 is 1.96 bits per heavy atom. The number of benzene rings is 2. The van der Waals surface area contributed by atoms with E-state index in [2.05, 4.69) is 21.2 Å². The molecule has 0 aromatic heterocycles. The van der Waals surface area contributed by atoms with Crippen LogP contribution in [0.2, 0.25) is 0 Å². The van der Waals surface area contributed by atoms with Crippen LogP contribution in [0.15, 0.2) is 34.8 Å². The molecule has 1 aliphatic rings. The number of aryl methyl sites for hydroxylation is 1. The van der Waals surface area contributed by atoms with Crippen LogP contribution >= 0.6 is 15.9 Å². The summed E-state index contributed by atoms with van der Waals surface area (Å²) in [5, 5.41) is 13.7. The maximum Gasteiger partial charge on any atom is 0.310 e. The zero-order chi connectivity index (χ0) is 18.7. The summed E-state index contributed by atoms with van der Waals surface area (Å²) in [6.45, 7) is 2.31. The predicted octanol–water partition coefficient (Wildman–Crippen LogP) is 3.45. The summed E-state index contributed by atoms with van der Waals surface area (Å²) in [6, 6.07) is 7.82. The van der Waals surface area contributed by atoms with Gasteiger partial charge in [-0.25, -0.2) is 0 Å². The van der Waals surface area contributed by atoms with E-state index in [9.17, 15) is 14.9 Å². The maximum atomic E-state index is 12.2. The van der Waals surface area contributed by atoms with Crippen molar-refractivity contribution < 1.29 is 23.9 Å². The Hall–Kier alpha value is -2.81. The van der Waals surface area contributed by atoms with Gasteiger partial charge in [-0.15, -0.1) is 0 Å². The molecule has 136 valence electrons. The Kier molecular flexibility index (Phi) is 5.27. The van der Waals surface area contributed by atoms with Crippen LogP contribution in [-0.2, 0) is 4.79 Å². The number of nitrogens with one attached hydrogen (secondary N) is 1. The number of anilines is 1.